The van der Waals surface area contributed by atoms with Gasteiger partial charge in [-0.25, -0.2) is 0 Å². The molecule has 0 fully saturated rings. The zero-order valence-electron chi connectivity index (χ0n) is 19.6. The summed E-state index contributed by atoms with van der Waals surface area (Å²) in [7, 11) is 0. The number of hydrogen-bond donors (Lipinski definition) is 2. The Labute approximate surface area is 209 Å². The number of benzene rings is 2. The van der Waals surface area contributed by atoms with Gasteiger partial charge in [0, 0.05) is 23.9 Å². The number of nitrogens with zero attached hydrogens (tertiary/aromatic N) is 1. The first-order valence-corrected chi connectivity index (χ1v) is 10.7. The summed E-state index contributed by atoms with van der Waals surface area (Å²) in [5, 5.41) is 3.07. The predicted octanol–water partition coefficient (Wildman–Crippen LogP) is 6.52. The van der Waals surface area contributed by atoms with Crippen molar-refractivity contribution < 1.29 is 4.79 Å². The van der Waals surface area contributed by atoms with Gasteiger partial charge in [-0.15, -0.1) is 24.8 Å². The number of hydrogen-bond acceptors (Lipinski definition) is 3. The van der Waals surface area contributed by atoms with Crippen LogP contribution in [-0.2, 0) is 17.8 Å². The summed E-state index contributed by atoms with van der Waals surface area (Å²) in [6, 6.07) is 18.1. The predicted molar refractivity (Wildman–Crippen MR) is 144 cm³/mol. The van der Waals surface area contributed by atoms with Crippen molar-refractivity contribution >= 4 is 42.5 Å². The van der Waals surface area contributed by atoms with Crippen molar-refractivity contribution in [1.29, 1.82) is 0 Å². The van der Waals surface area contributed by atoms with E-state index in [1.165, 1.54) is 5.56 Å². The molecule has 0 atom stereocenters. The van der Waals surface area contributed by atoms with E-state index in [9.17, 15) is 4.79 Å². The minimum Gasteiger partial charge on any atom is -0.326 e. The van der Waals surface area contributed by atoms with Crippen LogP contribution in [0.1, 0.15) is 41.9 Å². The third-order valence-electron chi connectivity index (χ3n) is 5.19. The van der Waals surface area contributed by atoms with Gasteiger partial charge in [-0.1, -0.05) is 74.0 Å². The van der Waals surface area contributed by atoms with Crippen LogP contribution in [-0.4, -0.2) is 10.9 Å². The molecule has 0 aliphatic rings. The third-order valence-corrected chi connectivity index (χ3v) is 5.19. The lowest BCUT2D eigenvalue weighted by atomic mass is 9.92. The van der Waals surface area contributed by atoms with E-state index in [0.717, 1.165) is 45.7 Å². The van der Waals surface area contributed by atoms with Gasteiger partial charge in [0.05, 0.1) is 11.4 Å². The van der Waals surface area contributed by atoms with E-state index in [2.05, 4.69) is 50.4 Å². The molecule has 33 heavy (non-hydrogen) atoms. The number of aromatic nitrogens is 1. The molecule has 1 aromatic heterocycles. The van der Waals surface area contributed by atoms with E-state index in [4.69, 9.17) is 10.7 Å². The first kappa shape index (κ1) is 28.4. The van der Waals surface area contributed by atoms with Gasteiger partial charge in [-0.3, -0.25) is 9.78 Å². The molecule has 3 N–H and O–H groups in total. The quantitative estimate of drug-likeness (QED) is 0.374. The van der Waals surface area contributed by atoms with Crippen molar-refractivity contribution in [2.24, 2.45) is 11.7 Å². The van der Waals surface area contributed by atoms with Crippen LogP contribution < -0.4 is 11.1 Å². The Morgan fingerprint density at radius 2 is 1.67 bits per heavy atom. The number of pyridine rings is 1. The smallest absolute Gasteiger partial charge is 0.248 e. The van der Waals surface area contributed by atoms with Crippen LogP contribution in [0.15, 0.2) is 60.7 Å². The molecule has 176 valence electrons. The lowest BCUT2D eigenvalue weighted by Gasteiger charge is -2.21. The van der Waals surface area contributed by atoms with Crippen LogP contribution >= 0.6 is 24.8 Å². The molecule has 3 aromatic rings. The number of halogens is 2. The zero-order chi connectivity index (χ0) is 22.4. The van der Waals surface area contributed by atoms with E-state index >= 15 is 0 Å². The number of aryl methyl sites for hydroxylation is 2. The highest BCUT2D eigenvalue weighted by Gasteiger charge is 2.20. The molecule has 3 rings (SSSR count). The molecular weight excluding hydrogens is 453 g/mol. The molecule has 4 nitrogen and oxygen atoms in total. The van der Waals surface area contributed by atoms with Crippen LogP contribution in [0.3, 0.4) is 0 Å². The van der Waals surface area contributed by atoms with Gasteiger partial charge in [0.15, 0.2) is 0 Å². The van der Waals surface area contributed by atoms with Crippen molar-refractivity contribution in [3.8, 4) is 11.1 Å². The normalized spacial score (nSPS) is 10.6. The number of amides is 1. The largest absolute Gasteiger partial charge is 0.326 e. The zero-order valence-corrected chi connectivity index (χ0v) is 21.2. The second-order valence-electron chi connectivity index (χ2n) is 8.27. The van der Waals surface area contributed by atoms with Crippen molar-refractivity contribution in [2.45, 2.75) is 40.7 Å². The Hall–Kier alpha value is -2.66. The Morgan fingerprint density at radius 3 is 2.24 bits per heavy atom. The molecule has 0 spiro atoms. The summed E-state index contributed by atoms with van der Waals surface area (Å²) in [6.45, 7) is 8.71. The van der Waals surface area contributed by atoms with Gasteiger partial charge in [-0.05, 0) is 49.0 Å². The first-order chi connectivity index (χ1) is 14.9. The highest BCUT2D eigenvalue weighted by atomic mass is 35.5. The second kappa shape index (κ2) is 13.1. The molecule has 1 heterocycles. The fourth-order valence-electron chi connectivity index (χ4n) is 3.67. The number of carbonyl (C=O) groups excluding carboxylic acids is 1. The van der Waals surface area contributed by atoms with E-state index in [-0.39, 0.29) is 30.7 Å². The SMILES string of the molecule is Cc1ccc(-c2c(CN)c(CC(C)C)nc(C)c2NC(=O)/C=C/c2ccccc2)cc1.Cl.Cl. The number of anilines is 1. The first-order valence-electron chi connectivity index (χ1n) is 10.7. The number of nitrogens with one attached hydrogen (secondary N) is 1. The summed E-state index contributed by atoms with van der Waals surface area (Å²) in [5.41, 5.74) is 13.9. The van der Waals surface area contributed by atoms with E-state index in [1.54, 1.807) is 12.2 Å². The minimum absolute atomic E-state index is 0. The van der Waals surface area contributed by atoms with Crippen molar-refractivity contribution in [2.75, 3.05) is 5.32 Å². The second-order valence-corrected chi connectivity index (χ2v) is 8.27. The van der Waals surface area contributed by atoms with Crippen LogP contribution in [0.2, 0.25) is 0 Å². The summed E-state index contributed by atoms with van der Waals surface area (Å²) < 4.78 is 0. The molecule has 1 amide bonds. The van der Waals surface area contributed by atoms with Crippen LogP contribution in [0.4, 0.5) is 5.69 Å². The molecule has 0 radical (unpaired) electrons. The monoisotopic (exact) mass is 485 g/mol. The fraction of sp³-hybridized carbons (Fsp3) is 0.259. The average Bonchev–Trinajstić information content (AvgIpc) is 2.75. The Bertz CT molecular complexity index is 1080. The highest BCUT2D eigenvalue weighted by Crippen LogP contribution is 2.36. The topological polar surface area (TPSA) is 68.0 Å². The van der Waals surface area contributed by atoms with E-state index in [1.807, 2.05) is 37.3 Å². The van der Waals surface area contributed by atoms with Crippen LogP contribution in [0.5, 0.6) is 0 Å². The Kier molecular flexibility index (Phi) is 11.3. The lowest BCUT2D eigenvalue weighted by molar-refractivity contribution is -0.111. The van der Waals surface area contributed by atoms with E-state index in [0.29, 0.717) is 12.5 Å². The molecule has 0 aliphatic carbocycles. The summed E-state index contributed by atoms with van der Waals surface area (Å²) in [5.74, 6) is 0.263. The van der Waals surface area contributed by atoms with Gasteiger partial charge in [0.2, 0.25) is 5.91 Å². The van der Waals surface area contributed by atoms with Gasteiger partial charge >= 0.3 is 0 Å². The summed E-state index contributed by atoms with van der Waals surface area (Å²) >= 11 is 0. The van der Waals surface area contributed by atoms with Gasteiger partial charge in [0.1, 0.15) is 0 Å². The number of carbonyl (C=O) groups is 1. The maximum atomic E-state index is 12.8. The molecule has 6 heteroatoms. The maximum absolute atomic E-state index is 12.8. The third kappa shape index (κ3) is 7.43. The molecular formula is C27H33Cl2N3O. The average molecular weight is 486 g/mol. The summed E-state index contributed by atoms with van der Waals surface area (Å²) in [6.07, 6.45) is 4.20. The molecule has 2 aromatic carbocycles. The van der Waals surface area contributed by atoms with Crippen LogP contribution in [0, 0.1) is 19.8 Å². The molecule has 0 saturated heterocycles. The molecule has 0 unspecified atom stereocenters. The molecule has 0 saturated carbocycles. The minimum atomic E-state index is -0.193. The van der Waals surface area contributed by atoms with Gasteiger partial charge < -0.3 is 11.1 Å². The standard InChI is InChI=1S/C27H31N3O.2ClH/c1-18(2)16-24-23(17-28)26(22-13-10-19(3)11-14-22)27(20(4)29-24)30-25(31)15-12-21-8-6-5-7-9-21;;/h5-15,18H,16-17,28H2,1-4H3,(H,30,31);2*1H/b15-12+;;. The van der Waals surface area contributed by atoms with Crippen molar-refractivity contribution in [3.05, 3.63) is 88.8 Å². The Morgan fingerprint density at radius 1 is 1.03 bits per heavy atom. The number of rotatable bonds is 7. The van der Waals surface area contributed by atoms with E-state index < -0.39 is 0 Å². The Balaban J connectivity index is 0.00000272. The van der Waals surface area contributed by atoms with Crippen LogP contribution in [0.25, 0.3) is 17.2 Å². The fourth-order valence-corrected chi connectivity index (χ4v) is 3.67. The maximum Gasteiger partial charge on any atom is 0.248 e. The summed E-state index contributed by atoms with van der Waals surface area (Å²) in [4.78, 5) is 17.6. The van der Waals surface area contributed by atoms with Gasteiger partial charge in [-0.2, -0.15) is 0 Å². The van der Waals surface area contributed by atoms with Crippen molar-refractivity contribution in [3.63, 3.8) is 0 Å². The molecule has 0 bridgehead atoms. The lowest BCUT2D eigenvalue weighted by Crippen LogP contribution is -2.16. The van der Waals surface area contributed by atoms with Gasteiger partial charge in [0.25, 0.3) is 0 Å². The van der Waals surface area contributed by atoms with Crippen molar-refractivity contribution in [1.82, 2.24) is 4.98 Å². The molecule has 0 aliphatic heterocycles. The number of nitrogens with two attached hydrogens (primary N) is 1. The highest BCUT2D eigenvalue weighted by molar-refractivity contribution is 6.05.